The van der Waals surface area contributed by atoms with E-state index in [1.54, 1.807) is 0 Å². The minimum Gasteiger partial charge on any atom is -0.365 e. The first-order valence-corrected chi connectivity index (χ1v) is 10.5. The van der Waals surface area contributed by atoms with Crippen molar-refractivity contribution in [2.75, 3.05) is 26.0 Å². The van der Waals surface area contributed by atoms with Gasteiger partial charge in [-0.25, -0.2) is 15.0 Å². The molecule has 158 valence electrons. The van der Waals surface area contributed by atoms with Gasteiger partial charge in [-0.2, -0.15) is 0 Å². The van der Waals surface area contributed by atoms with Gasteiger partial charge in [0.2, 0.25) is 0 Å². The molecule has 30 heavy (non-hydrogen) atoms. The van der Waals surface area contributed by atoms with Gasteiger partial charge in [-0.1, -0.05) is 23.7 Å². The molecule has 0 aliphatic rings. The van der Waals surface area contributed by atoms with Crippen LogP contribution in [0.15, 0.2) is 36.9 Å². The third-order valence-electron chi connectivity index (χ3n) is 4.84. The summed E-state index contributed by atoms with van der Waals surface area (Å²) in [5.74, 6) is 0.899. The molecule has 0 amide bonds. The number of benzene rings is 1. The molecular weight excluding hydrogens is 398 g/mol. The number of halogens is 1. The van der Waals surface area contributed by atoms with E-state index in [0.29, 0.717) is 5.02 Å². The fourth-order valence-corrected chi connectivity index (χ4v) is 3.62. The molecule has 1 N–H and O–H groups in total. The van der Waals surface area contributed by atoms with Crippen molar-refractivity contribution in [3.8, 4) is 11.3 Å². The van der Waals surface area contributed by atoms with Crippen LogP contribution in [0.3, 0.4) is 0 Å². The van der Waals surface area contributed by atoms with Crippen molar-refractivity contribution in [2.45, 2.75) is 39.3 Å². The van der Waals surface area contributed by atoms with E-state index in [2.05, 4.69) is 54.6 Å². The second-order valence-corrected chi connectivity index (χ2v) is 9.33. The summed E-state index contributed by atoms with van der Waals surface area (Å²) in [6.07, 6.45) is 4.73. The van der Waals surface area contributed by atoms with Crippen molar-refractivity contribution >= 4 is 34.2 Å². The van der Waals surface area contributed by atoms with Crippen molar-refractivity contribution in [1.29, 1.82) is 0 Å². The minimum absolute atomic E-state index is 0.141. The Labute approximate surface area is 181 Å². The van der Waals surface area contributed by atoms with Crippen molar-refractivity contribution in [1.82, 2.24) is 28.8 Å². The Hall–Kier alpha value is -2.64. The fourth-order valence-electron chi connectivity index (χ4n) is 3.50. The Morgan fingerprint density at radius 2 is 1.77 bits per heavy atom. The maximum absolute atomic E-state index is 6.10. The molecule has 0 fully saturated rings. The van der Waals surface area contributed by atoms with Crippen molar-refractivity contribution in [3.05, 3.63) is 41.9 Å². The summed E-state index contributed by atoms with van der Waals surface area (Å²) in [7, 11) is 4.17. The molecule has 0 aliphatic heterocycles. The average molecular weight is 426 g/mol. The van der Waals surface area contributed by atoms with Crippen molar-refractivity contribution in [3.63, 3.8) is 0 Å². The first kappa shape index (κ1) is 20.6. The number of anilines is 1. The number of hydrogen-bond donors (Lipinski definition) is 1. The Kier molecular flexibility index (Phi) is 5.42. The Balaban J connectivity index is 1.84. The summed E-state index contributed by atoms with van der Waals surface area (Å²) < 4.78 is 4.10. The molecule has 0 bridgehead atoms. The largest absolute Gasteiger partial charge is 0.365 e. The van der Waals surface area contributed by atoms with Crippen molar-refractivity contribution < 1.29 is 0 Å². The number of imidazole rings is 2. The van der Waals surface area contributed by atoms with Crippen LogP contribution >= 0.6 is 11.6 Å². The average Bonchev–Trinajstić information content (AvgIpc) is 3.23. The Morgan fingerprint density at radius 3 is 2.43 bits per heavy atom. The van der Waals surface area contributed by atoms with Crippen LogP contribution < -0.4 is 5.32 Å². The molecule has 0 unspecified atom stereocenters. The molecule has 0 saturated carbocycles. The molecule has 3 aromatic heterocycles. The predicted octanol–water partition coefficient (Wildman–Crippen LogP) is 4.56. The number of rotatable bonds is 6. The number of aryl methyl sites for hydroxylation is 1. The van der Waals surface area contributed by atoms with Crippen LogP contribution in [0.4, 0.5) is 5.82 Å². The normalized spacial score (nSPS) is 12.4. The number of fused-ring (bicyclic) bond motifs is 3. The van der Waals surface area contributed by atoms with Crippen LogP contribution in [0, 0.1) is 0 Å². The van der Waals surface area contributed by atoms with Gasteiger partial charge in [0, 0.05) is 22.7 Å². The van der Waals surface area contributed by atoms with Gasteiger partial charge in [-0.15, -0.1) is 0 Å². The Bertz CT molecular complexity index is 1170. The maximum atomic E-state index is 6.10. The molecule has 4 aromatic rings. The van der Waals surface area contributed by atoms with Gasteiger partial charge in [-0.3, -0.25) is 4.40 Å². The summed E-state index contributed by atoms with van der Waals surface area (Å²) in [5, 5.41) is 4.29. The third-order valence-corrected chi connectivity index (χ3v) is 5.10. The quantitative estimate of drug-likeness (QED) is 0.490. The molecule has 0 saturated heterocycles. The standard InChI is InChI=1S/C22H28ClN7/c1-22(2,3)27-21-17(15-7-9-16(23)10-8-15)26-20-18-19(25-14-30(20)21)29(13-24-18)12-6-11-28(4)5/h7-10,13-14,27H,6,11-12H2,1-5H3. The number of nitrogens with one attached hydrogen (secondary N) is 1. The van der Waals surface area contributed by atoms with Crippen LogP contribution in [-0.4, -0.2) is 55.0 Å². The highest BCUT2D eigenvalue weighted by Crippen LogP contribution is 2.33. The maximum Gasteiger partial charge on any atom is 0.170 e. The molecule has 8 heteroatoms. The van der Waals surface area contributed by atoms with Gasteiger partial charge in [0.25, 0.3) is 0 Å². The van der Waals surface area contributed by atoms with Crippen molar-refractivity contribution in [2.24, 2.45) is 0 Å². The van der Waals surface area contributed by atoms with Crippen LogP contribution in [0.25, 0.3) is 28.1 Å². The van der Waals surface area contributed by atoms with E-state index < -0.39 is 0 Å². The molecule has 3 heterocycles. The predicted molar refractivity (Wildman–Crippen MR) is 123 cm³/mol. The van der Waals surface area contributed by atoms with Gasteiger partial charge >= 0.3 is 0 Å². The third kappa shape index (κ3) is 4.13. The van der Waals surface area contributed by atoms with E-state index in [1.165, 1.54) is 0 Å². The fraction of sp³-hybridized carbons (Fsp3) is 0.409. The molecule has 1 aromatic carbocycles. The zero-order chi connectivity index (χ0) is 21.5. The van der Waals surface area contributed by atoms with Crippen LogP contribution in [-0.2, 0) is 6.54 Å². The summed E-state index contributed by atoms with van der Waals surface area (Å²) in [4.78, 5) is 16.5. The van der Waals surface area contributed by atoms with Gasteiger partial charge in [0.15, 0.2) is 16.8 Å². The van der Waals surface area contributed by atoms with E-state index in [9.17, 15) is 0 Å². The highest BCUT2D eigenvalue weighted by atomic mass is 35.5. The van der Waals surface area contributed by atoms with E-state index in [0.717, 1.165) is 53.4 Å². The molecule has 7 nitrogen and oxygen atoms in total. The zero-order valence-electron chi connectivity index (χ0n) is 18.1. The molecule has 0 radical (unpaired) electrons. The number of nitrogens with zero attached hydrogens (tertiary/aromatic N) is 6. The SMILES string of the molecule is CN(C)CCCn1cnc2c1ncn1c(NC(C)(C)C)c(-c3ccc(Cl)cc3)nc21. The Morgan fingerprint density at radius 1 is 1.03 bits per heavy atom. The summed E-state index contributed by atoms with van der Waals surface area (Å²) >= 11 is 6.10. The topological polar surface area (TPSA) is 63.3 Å². The number of hydrogen-bond acceptors (Lipinski definition) is 5. The lowest BCUT2D eigenvalue weighted by Crippen LogP contribution is -2.27. The highest BCUT2D eigenvalue weighted by Gasteiger charge is 2.22. The second-order valence-electron chi connectivity index (χ2n) is 8.90. The molecular formula is C22H28ClN7. The molecule has 0 aliphatic carbocycles. The second kappa shape index (κ2) is 7.89. The molecule has 0 atom stereocenters. The smallest absolute Gasteiger partial charge is 0.170 e. The first-order valence-electron chi connectivity index (χ1n) is 10.1. The van der Waals surface area contributed by atoms with E-state index in [1.807, 2.05) is 41.3 Å². The number of aromatic nitrogens is 5. The van der Waals surface area contributed by atoms with Crippen LogP contribution in [0.2, 0.25) is 5.02 Å². The molecule has 0 spiro atoms. The van der Waals surface area contributed by atoms with Crippen LogP contribution in [0.1, 0.15) is 27.2 Å². The van der Waals surface area contributed by atoms with Gasteiger partial charge in [0.05, 0.1) is 6.33 Å². The summed E-state index contributed by atoms with van der Waals surface area (Å²) in [6.45, 7) is 8.28. The van der Waals surface area contributed by atoms with Crippen LogP contribution in [0.5, 0.6) is 0 Å². The monoisotopic (exact) mass is 425 g/mol. The van der Waals surface area contributed by atoms with E-state index in [4.69, 9.17) is 21.6 Å². The van der Waals surface area contributed by atoms with E-state index >= 15 is 0 Å². The van der Waals surface area contributed by atoms with E-state index in [-0.39, 0.29) is 5.54 Å². The van der Waals surface area contributed by atoms with Gasteiger partial charge in [0.1, 0.15) is 17.8 Å². The minimum atomic E-state index is -0.141. The zero-order valence-corrected chi connectivity index (χ0v) is 18.9. The summed E-state index contributed by atoms with van der Waals surface area (Å²) in [6, 6.07) is 7.75. The summed E-state index contributed by atoms with van der Waals surface area (Å²) in [5.41, 5.74) is 4.17. The van der Waals surface area contributed by atoms with Gasteiger partial charge in [-0.05, 0) is 60.0 Å². The lowest BCUT2D eigenvalue weighted by molar-refractivity contribution is 0.387. The molecule has 4 rings (SSSR count). The first-order chi connectivity index (χ1) is 14.2. The lowest BCUT2D eigenvalue weighted by atomic mass is 10.1. The highest BCUT2D eigenvalue weighted by molar-refractivity contribution is 6.30. The lowest BCUT2D eigenvalue weighted by Gasteiger charge is -2.22. The van der Waals surface area contributed by atoms with Gasteiger partial charge < -0.3 is 14.8 Å².